The van der Waals surface area contributed by atoms with E-state index in [4.69, 9.17) is 0 Å². The standard InChI is InChI=1S/C19H17F2N5/c1-19(2,3)26-10-11(8-23-26)18-12-7-15(22-9-16(12)24-25-18)17-13(20)5-4-6-14(17)21/h4-10H,1-3H3,(H,24,25). The Bertz CT molecular complexity index is 1080. The molecule has 4 rings (SSSR count). The second kappa shape index (κ2) is 5.72. The van der Waals surface area contributed by atoms with Crippen LogP contribution in [0.25, 0.3) is 33.4 Å². The van der Waals surface area contributed by atoms with E-state index in [0.717, 1.165) is 10.9 Å². The van der Waals surface area contributed by atoms with Crippen molar-refractivity contribution < 1.29 is 8.78 Å². The van der Waals surface area contributed by atoms with Crippen molar-refractivity contribution in [1.82, 2.24) is 25.0 Å². The second-order valence-corrected chi connectivity index (χ2v) is 7.13. The van der Waals surface area contributed by atoms with Gasteiger partial charge < -0.3 is 0 Å². The van der Waals surface area contributed by atoms with Gasteiger partial charge >= 0.3 is 0 Å². The van der Waals surface area contributed by atoms with Gasteiger partial charge in [0, 0.05) is 17.1 Å². The Morgan fingerprint density at radius 2 is 1.81 bits per heavy atom. The number of nitrogens with one attached hydrogen (secondary N) is 1. The van der Waals surface area contributed by atoms with Gasteiger partial charge in [0.05, 0.1) is 34.7 Å². The third kappa shape index (κ3) is 2.65. The molecule has 0 aliphatic rings. The largest absolute Gasteiger partial charge is 0.276 e. The minimum Gasteiger partial charge on any atom is -0.276 e. The fraction of sp³-hybridized carbons (Fsp3) is 0.211. The molecule has 0 amide bonds. The molecule has 0 spiro atoms. The minimum atomic E-state index is -0.651. The number of benzene rings is 1. The molecule has 0 unspecified atom stereocenters. The lowest BCUT2D eigenvalue weighted by Crippen LogP contribution is -2.21. The molecule has 1 aromatic carbocycles. The van der Waals surface area contributed by atoms with Crippen molar-refractivity contribution in [2.45, 2.75) is 26.3 Å². The predicted octanol–water partition coefficient (Wildman–Crippen LogP) is 4.52. The summed E-state index contributed by atoms with van der Waals surface area (Å²) >= 11 is 0. The zero-order chi connectivity index (χ0) is 18.5. The number of rotatable bonds is 2. The van der Waals surface area contributed by atoms with Gasteiger partial charge in [-0.25, -0.2) is 8.78 Å². The number of H-pyrrole nitrogens is 1. The molecule has 0 aliphatic carbocycles. The Balaban J connectivity index is 1.87. The third-order valence-corrected chi connectivity index (χ3v) is 4.21. The van der Waals surface area contributed by atoms with Crippen LogP contribution >= 0.6 is 0 Å². The van der Waals surface area contributed by atoms with E-state index in [0.29, 0.717) is 11.2 Å². The van der Waals surface area contributed by atoms with Gasteiger partial charge in [-0.2, -0.15) is 10.2 Å². The molecule has 3 heterocycles. The Morgan fingerprint density at radius 1 is 1.08 bits per heavy atom. The van der Waals surface area contributed by atoms with Crippen LogP contribution < -0.4 is 0 Å². The molecule has 0 aliphatic heterocycles. The van der Waals surface area contributed by atoms with E-state index in [2.05, 4.69) is 41.1 Å². The van der Waals surface area contributed by atoms with Crippen LogP contribution in [0.15, 0.2) is 42.9 Å². The zero-order valence-corrected chi connectivity index (χ0v) is 14.6. The van der Waals surface area contributed by atoms with Crippen molar-refractivity contribution in [2.24, 2.45) is 0 Å². The average Bonchev–Trinajstić information content (AvgIpc) is 3.20. The number of halogens is 2. The van der Waals surface area contributed by atoms with Crippen LogP contribution in [0.4, 0.5) is 8.78 Å². The lowest BCUT2D eigenvalue weighted by molar-refractivity contribution is 0.355. The summed E-state index contributed by atoms with van der Waals surface area (Å²) in [5.41, 5.74) is 2.08. The van der Waals surface area contributed by atoms with Gasteiger partial charge in [-0.3, -0.25) is 14.8 Å². The molecule has 1 N–H and O–H groups in total. The molecule has 0 saturated carbocycles. The highest BCUT2D eigenvalue weighted by Crippen LogP contribution is 2.31. The van der Waals surface area contributed by atoms with Crippen molar-refractivity contribution in [3.05, 3.63) is 54.5 Å². The number of aromatic nitrogens is 5. The number of hydrogen-bond acceptors (Lipinski definition) is 3. The maximum absolute atomic E-state index is 14.1. The van der Waals surface area contributed by atoms with E-state index < -0.39 is 11.6 Å². The molecule has 0 saturated heterocycles. The van der Waals surface area contributed by atoms with Gasteiger partial charge in [-0.05, 0) is 39.0 Å². The molecule has 5 nitrogen and oxygen atoms in total. The third-order valence-electron chi connectivity index (χ3n) is 4.21. The molecule has 132 valence electrons. The quantitative estimate of drug-likeness (QED) is 0.576. The first kappa shape index (κ1) is 16.4. The fourth-order valence-corrected chi connectivity index (χ4v) is 2.83. The normalized spacial score (nSPS) is 12.0. The highest BCUT2D eigenvalue weighted by Gasteiger charge is 2.19. The lowest BCUT2D eigenvalue weighted by atomic mass is 10.1. The van der Waals surface area contributed by atoms with Gasteiger partial charge in [-0.15, -0.1) is 0 Å². The van der Waals surface area contributed by atoms with Crippen molar-refractivity contribution in [3.8, 4) is 22.5 Å². The van der Waals surface area contributed by atoms with Crippen LogP contribution in [0.5, 0.6) is 0 Å². The SMILES string of the molecule is CC(C)(C)n1cc(-c2n[nH]c3cnc(-c4c(F)cccc4F)cc23)cn1. The van der Waals surface area contributed by atoms with Crippen LogP contribution in [-0.2, 0) is 5.54 Å². The van der Waals surface area contributed by atoms with E-state index >= 15 is 0 Å². The van der Waals surface area contributed by atoms with Gasteiger partial charge in [0.25, 0.3) is 0 Å². The minimum absolute atomic E-state index is 0.146. The van der Waals surface area contributed by atoms with Crippen molar-refractivity contribution in [2.75, 3.05) is 0 Å². The van der Waals surface area contributed by atoms with Crippen molar-refractivity contribution in [1.29, 1.82) is 0 Å². The summed E-state index contributed by atoms with van der Waals surface area (Å²) in [6, 6.07) is 5.41. The molecule has 0 atom stereocenters. The van der Waals surface area contributed by atoms with Crippen molar-refractivity contribution in [3.63, 3.8) is 0 Å². The van der Waals surface area contributed by atoms with E-state index in [1.54, 1.807) is 12.3 Å². The van der Waals surface area contributed by atoms with E-state index in [1.165, 1.54) is 24.4 Å². The second-order valence-electron chi connectivity index (χ2n) is 7.13. The Labute approximate surface area is 148 Å². The predicted molar refractivity (Wildman–Crippen MR) is 95.5 cm³/mol. The van der Waals surface area contributed by atoms with Gasteiger partial charge in [-0.1, -0.05) is 6.07 Å². The topological polar surface area (TPSA) is 59.4 Å². The Kier molecular flexibility index (Phi) is 3.61. The summed E-state index contributed by atoms with van der Waals surface area (Å²) in [7, 11) is 0. The molecule has 0 radical (unpaired) electrons. The van der Waals surface area contributed by atoms with Crippen LogP contribution in [0.2, 0.25) is 0 Å². The Hall–Kier alpha value is -3.09. The molecular formula is C19H17F2N5. The van der Waals surface area contributed by atoms with Gasteiger partial charge in [0.2, 0.25) is 0 Å². The summed E-state index contributed by atoms with van der Waals surface area (Å²) in [4.78, 5) is 4.18. The number of nitrogens with zero attached hydrogens (tertiary/aromatic N) is 4. The first-order chi connectivity index (χ1) is 12.3. The first-order valence-corrected chi connectivity index (χ1v) is 8.18. The number of pyridine rings is 1. The molecule has 0 bridgehead atoms. The van der Waals surface area contributed by atoms with Crippen LogP contribution in [0.1, 0.15) is 20.8 Å². The summed E-state index contributed by atoms with van der Waals surface area (Å²) in [6.07, 6.45) is 5.16. The average molecular weight is 353 g/mol. The van der Waals surface area contributed by atoms with Crippen LogP contribution in [-0.4, -0.2) is 25.0 Å². The molecular weight excluding hydrogens is 336 g/mol. The van der Waals surface area contributed by atoms with Crippen LogP contribution in [0.3, 0.4) is 0 Å². The zero-order valence-electron chi connectivity index (χ0n) is 14.6. The molecule has 0 fully saturated rings. The number of aromatic amines is 1. The molecule has 7 heteroatoms. The van der Waals surface area contributed by atoms with Crippen molar-refractivity contribution >= 4 is 10.9 Å². The fourth-order valence-electron chi connectivity index (χ4n) is 2.83. The van der Waals surface area contributed by atoms with Gasteiger partial charge in [0.15, 0.2) is 0 Å². The van der Waals surface area contributed by atoms with E-state index in [1.807, 2.05) is 10.9 Å². The van der Waals surface area contributed by atoms with Crippen LogP contribution in [0, 0.1) is 11.6 Å². The maximum atomic E-state index is 14.1. The summed E-state index contributed by atoms with van der Waals surface area (Å²) in [5.74, 6) is -1.30. The van der Waals surface area contributed by atoms with E-state index in [9.17, 15) is 8.78 Å². The molecule has 3 aromatic heterocycles. The lowest BCUT2D eigenvalue weighted by Gasteiger charge is -2.18. The summed E-state index contributed by atoms with van der Waals surface area (Å²) in [5, 5.41) is 12.4. The first-order valence-electron chi connectivity index (χ1n) is 8.18. The highest BCUT2D eigenvalue weighted by molar-refractivity contribution is 5.94. The molecule has 26 heavy (non-hydrogen) atoms. The number of fused-ring (bicyclic) bond motifs is 1. The number of hydrogen-bond donors (Lipinski definition) is 1. The maximum Gasteiger partial charge on any atom is 0.135 e. The summed E-state index contributed by atoms with van der Waals surface area (Å²) < 4.78 is 30.1. The summed E-state index contributed by atoms with van der Waals surface area (Å²) in [6.45, 7) is 6.15. The smallest absolute Gasteiger partial charge is 0.135 e. The Morgan fingerprint density at radius 3 is 2.46 bits per heavy atom. The van der Waals surface area contributed by atoms with E-state index in [-0.39, 0.29) is 16.8 Å². The van der Waals surface area contributed by atoms with Gasteiger partial charge in [0.1, 0.15) is 17.3 Å². The monoisotopic (exact) mass is 353 g/mol. The molecule has 4 aromatic rings. The highest BCUT2D eigenvalue weighted by atomic mass is 19.1.